The molecule has 0 saturated heterocycles. The van der Waals surface area contributed by atoms with Crippen LogP contribution in [0.25, 0.3) is 0 Å². The lowest BCUT2D eigenvalue weighted by Crippen LogP contribution is -2.30. The lowest BCUT2D eigenvalue weighted by atomic mass is 10.3. The molecule has 3 N–H and O–H groups in total. The molecule has 5 nitrogen and oxygen atoms in total. The Morgan fingerprint density at radius 3 is 2.69 bits per heavy atom. The van der Waals surface area contributed by atoms with Crippen molar-refractivity contribution in [3.05, 3.63) is 24.0 Å². The highest BCUT2D eigenvalue weighted by Gasteiger charge is 2.23. The number of benzene rings is 1. The molecule has 0 heterocycles. The molecule has 0 aromatic heterocycles. The zero-order valence-electron chi connectivity index (χ0n) is 8.72. The highest BCUT2D eigenvalue weighted by molar-refractivity contribution is 7.89. The summed E-state index contributed by atoms with van der Waals surface area (Å²) in [7, 11) is -2.56. The van der Waals surface area contributed by atoms with Crippen LogP contribution >= 0.6 is 0 Å². The first-order valence-corrected chi connectivity index (χ1v) is 5.96. The maximum atomic E-state index is 13.1. The first kappa shape index (κ1) is 12.9. The third-order valence-corrected chi connectivity index (χ3v) is 4.03. The van der Waals surface area contributed by atoms with Crippen LogP contribution in [0.4, 0.5) is 10.1 Å². The highest BCUT2D eigenvalue weighted by Crippen LogP contribution is 2.23. The molecule has 1 aromatic rings. The first-order valence-electron chi connectivity index (χ1n) is 4.52. The number of sulfonamides is 1. The summed E-state index contributed by atoms with van der Waals surface area (Å²) in [6.07, 6.45) is 0. The molecule has 0 amide bonds. The molecule has 0 aliphatic heterocycles. The van der Waals surface area contributed by atoms with Crippen LogP contribution in [0.2, 0.25) is 0 Å². The summed E-state index contributed by atoms with van der Waals surface area (Å²) in [5, 5.41) is 8.66. The smallest absolute Gasteiger partial charge is 0.245 e. The van der Waals surface area contributed by atoms with Gasteiger partial charge in [-0.3, -0.25) is 0 Å². The van der Waals surface area contributed by atoms with Crippen molar-refractivity contribution in [1.29, 1.82) is 0 Å². The Hall–Kier alpha value is -1.18. The summed E-state index contributed by atoms with van der Waals surface area (Å²) < 4.78 is 37.7. The van der Waals surface area contributed by atoms with Crippen LogP contribution in [-0.4, -0.2) is 38.0 Å². The van der Waals surface area contributed by atoms with Gasteiger partial charge in [0.25, 0.3) is 0 Å². The van der Waals surface area contributed by atoms with Gasteiger partial charge in [-0.2, -0.15) is 4.31 Å². The summed E-state index contributed by atoms with van der Waals surface area (Å²) in [6, 6.07) is 3.58. The van der Waals surface area contributed by atoms with Crippen LogP contribution in [0.1, 0.15) is 0 Å². The van der Waals surface area contributed by atoms with Gasteiger partial charge in [-0.1, -0.05) is 6.07 Å². The van der Waals surface area contributed by atoms with Gasteiger partial charge in [0.15, 0.2) is 0 Å². The zero-order chi connectivity index (χ0) is 12.3. The quantitative estimate of drug-likeness (QED) is 0.736. The number of nitrogens with zero attached hydrogens (tertiary/aromatic N) is 1. The lowest BCUT2D eigenvalue weighted by molar-refractivity contribution is 0.266. The van der Waals surface area contributed by atoms with Crippen LogP contribution in [0, 0.1) is 5.82 Å². The largest absolute Gasteiger partial charge is 0.395 e. The molecule has 0 fully saturated rings. The number of aliphatic hydroxyl groups is 1. The normalized spacial score (nSPS) is 12.0. The fourth-order valence-corrected chi connectivity index (χ4v) is 2.45. The average molecular weight is 248 g/mol. The molecule has 1 rings (SSSR count). The van der Waals surface area contributed by atoms with Crippen LogP contribution in [-0.2, 0) is 10.0 Å². The van der Waals surface area contributed by atoms with Crippen LogP contribution in [0.5, 0.6) is 0 Å². The molecule has 0 aliphatic carbocycles. The Bertz CT molecular complexity index is 476. The van der Waals surface area contributed by atoms with E-state index in [2.05, 4.69) is 0 Å². The van der Waals surface area contributed by atoms with E-state index in [9.17, 15) is 12.8 Å². The Balaban J connectivity index is 3.22. The number of hydrogen-bond donors (Lipinski definition) is 2. The molecular formula is C9H13FN2O3S. The number of para-hydroxylation sites is 1. The van der Waals surface area contributed by atoms with Crippen molar-refractivity contribution in [2.45, 2.75) is 4.90 Å². The zero-order valence-corrected chi connectivity index (χ0v) is 9.54. The second kappa shape index (κ2) is 4.77. The van der Waals surface area contributed by atoms with E-state index in [1.807, 2.05) is 0 Å². The number of nitrogen functional groups attached to an aromatic ring is 1. The van der Waals surface area contributed by atoms with Gasteiger partial charge in [0, 0.05) is 13.6 Å². The van der Waals surface area contributed by atoms with Gasteiger partial charge in [0.05, 0.1) is 12.3 Å². The number of hydrogen-bond acceptors (Lipinski definition) is 4. The van der Waals surface area contributed by atoms with Crippen molar-refractivity contribution >= 4 is 15.7 Å². The van der Waals surface area contributed by atoms with Gasteiger partial charge < -0.3 is 10.8 Å². The second-order valence-corrected chi connectivity index (χ2v) is 5.22. The Kier molecular flexibility index (Phi) is 3.84. The molecule has 0 unspecified atom stereocenters. The predicted molar refractivity (Wildman–Crippen MR) is 57.7 cm³/mol. The number of aliphatic hydroxyl groups excluding tert-OH is 1. The molecule has 0 saturated carbocycles. The standard InChI is InChI=1S/C9H13FN2O3S/c1-12(5-6-13)16(14,15)8-4-2-3-7(10)9(8)11/h2-4,13H,5-6,11H2,1H3. The van der Waals surface area contributed by atoms with E-state index in [0.29, 0.717) is 0 Å². The molecular weight excluding hydrogens is 235 g/mol. The summed E-state index contributed by atoms with van der Waals surface area (Å²) in [4.78, 5) is -0.288. The van der Waals surface area contributed by atoms with Gasteiger partial charge >= 0.3 is 0 Å². The monoisotopic (exact) mass is 248 g/mol. The van der Waals surface area contributed by atoms with Gasteiger partial charge in [0.1, 0.15) is 10.7 Å². The van der Waals surface area contributed by atoms with Crippen molar-refractivity contribution in [3.8, 4) is 0 Å². The minimum atomic E-state index is -3.85. The molecule has 0 aliphatic rings. The van der Waals surface area contributed by atoms with Crippen molar-refractivity contribution in [3.63, 3.8) is 0 Å². The van der Waals surface area contributed by atoms with E-state index >= 15 is 0 Å². The van der Waals surface area contributed by atoms with E-state index in [1.165, 1.54) is 19.2 Å². The number of nitrogens with two attached hydrogens (primary N) is 1. The van der Waals surface area contributed by atoms with Crippen LogP contribution in [0.15, 0.2) is 23.1 Å². The van der Waals surface area contributed by atoms with Gasteiger partial charge in [-0.05, 0) is 12.1 Å². The highest BCUT2D eigenvalue weighted by atomic mass is 32.2. The first-order chi connectivity index (χ1) is 7.41. The van der Waals surface area contributed by atoms with Crippen molar-refractivity contribution in [2.24, 2.45) is 0 Å². The summed E-state index contributed by atoms with van der Waals surface area (Å²) in [6.45, 7) is -0.386. The number of anilines is 1. The van der Waals surface area contributed by atoms with E-state index in [0.717, 1.165) is 10.4 Å². The van der Waals surface area contributed by atoms with Gasteiger partial charge in [-0.15, -0.1) is 0 Å². The van der Waals surface area contributed by atoms with Crippen molar-refractivity contribution < 1.29 is 17.9 Å². The Morgan fingerprint density at radius 2 is 2.12 bits per heavy atom. The molecule has 0 atom stereocenters. The maximum Gasteiger partial charge on any atom is 0.245 e. The van der Waals surface area contributed by atoms with E-state index in [1.54, 1.807) is 0 Å². The number of rotatable bonds is 4. The number of likely N-dealkylation sites (N-methyl/N-ethyl adjacent to an activating group) is 1. The third kappa shape index (κ3) is 2.31. The van der Waals surface area contributed by atoms with Crippen molar-refractivity contribution in [1.82, 2.24) is 4.31 Å². The lowest BCUT2D eigenvalue weighted by Gasteiger charge is -2.17. The van der Waals surface area contributed by atoms with Crippen LogP contribution < -0.4 is 5.73 Å². The second-order valence-electron chi connectivity index (χ2n) is 3.20. The molecule has 1 aromatic carbocycles. The van der Waals surface area contributed by atoms with Crippen LogP contribution in [0.3, 0.4) is 0 Å². The molecule has 0 spiro atoms. The SMILES string of the molecule is CN(CCO)S(=O)(=O)c1cccc(F)c1N. The van der Waals surface area contributed by atoms with E-state index < -0.39 is 21.5 Å². The molecule has 0 radical (unpaired) electrons. The molecule has 16 heavy (non-hydrogen) atoms. The maximum absolute atomic E-state index is 13.1. The molecule has 90 valence electrons. The fraction of sp³-hybridized carbons (Fsp3) is 0.333. The summed E-state index contributed by atoms with van der Waals surface area (Å²) in [5.74, 6) is -0.779. The molecule has 0 bridgehead atoms. The molecule has 7 heteroatoms. The third-order valence-electron chi connectivity index (χ3n) is 2.12. The predicted octanol–water partition coefficient (Wildman–Crippen LogP) is 0.0207. The number of halogens is 1. The minimum absolute atomic E-state index is 0.0711. The summed E-state index contributed by atoms with van der Waals surface area (Å²) in [5.41, 5.74) is 4.95. The topological polar surface area (TPSA) is 83.6 Å². The van der Waals surface area contributed by atoms with Crippen molar-refractivity contribution in [2.75, 3.05) is 25.9 Å². The Morgan fingerprint density at radius 1 is 1.50 bits per heavy atom. The Labute approximate surface area is 93.3 Å². The average Bonchev–Trinajstić information content (AvgIpc) is 2.22. The van der Waals surface area contributed by atoms with Gasteiger partial charge in [-0.25, -0.2) is 12.8 Å². The summed E-state index contributed by atoms with van der Waals surface area (Å²) >= 11 is 0. The van der Waals surface area contributed by atoms with E-state index in [4.69, 9.17) is 10.8 Å². The van der Waals surface area contributed by atoms with E-state index in [-0.39, 0.29) is 18.0 Å². The van der Waals surface area contributed by atoms with Gasteiger partial charge in [0.2, 0.25) is 10.0 Å². The fourth-order valence-electron chi connectivity index (χ4n) is 1.17. The minimum Gasteiger partial charge on any atom is -0.395 e.